The SMILES string of the molecule is COc1ccc(C2=C/C(=C\C=C3/CCCC(/C=C/c4cc(-c5ccc(OC)cc5)[o+]c5cc(N(C)C)ccc45)=C3Cl)c3ccc(N(C)C)cc3O2)cc1. The zero-order chi connectivity index (χ0) is 37.1. The lowest BCUT2D eigenvalue weighted by Gasteiger charge is -2.23. The molecule has 0 amide bonds. The molecule has 6 nitrogen and oxygen atoms in total. The number of halogens is 1. The van der Waals surface area contributed by atoms with E-state index in [0.717, 1.165) is 114 Å². The van der Waals surface area contributed by atoms with E-state index in [1.807, 2.05) is 76.7 Å². The van der Waals surface area contributed by atoms with E-state index in [2.05, 4.69) is 82.6 Å². The van der Waals surface area contributed by atoms with E-state index in [1.54, 1.807) is 14.2 Å². The Hall–Kier alpha value is -5.72. The maximum Gasteiger partial charge on any atom is 0.363 e. The van der Waals surface area contributed by atoms with Gasteiger partial charge < -0.3 is 24.0 Å². The molecule has 0 fully saturated rings. The van der Waals surface area contributed by atoms with E-state index in [4.69, 9.17) is 30.2 Å². The van der Waals surface area contributed by atoms with Crippen molar-refractivity contribution in [1.29, 1.82) is 0 Å². The molecular weight excluding hydrogens is 680 g/mol. The second kappa shape index (κ2) is 15.5. The fourth-order valence-corrected chi connectivity index (χ4v) is 6.93. The maximum atomic E-state index is 7.21. The summed E-state index contributed by atoms with van der Waals surface area (Å²) in [6, 6.07) is 30.7. The van der Waals surface area contributed by atoms with Crippen LogP contribution in [-0.4, -0.2) is 42.4 Å². The molecule has 5 aromatic rings. The Morgan fingerprint density at radius 2 is 1.38 bits per heavy atom. The van der Waals surface area contributed by atoms with Crippen molar-refractivity contribution in [2.75, 3.05) is 52.2 Å². The van der Waals surface area contributed by atoms with Crippen LogP contribution in [0.5, 0.6) is 17.2 Å². The van der Waals surface area contributed by atoms with Crippen molar-refractivity contribution in [3.63, 3.8) is 0 Å². The quantitative estimate of drug-likeness (QED) is 0.141. The molecule has 2 heterocycles. The topological polar surface area (TPSA) is 45.5 Å². The minimum atomic E-state index is 0.781. The van der Waals surface area contributed by atoms with Crippen LogP contribution >= 0.6 is 11.6 Å². The first-order valence-corrected chi connectivity index (χ1v) is 18.1. The van der Waals surface area contributed by atoms with Gasteiger partial charge in [-0.15, -0.1) is 0 Å². The highest BCUT2D eigenvalue weighted by molar-refractivity contribution is 6.32. The first-order valence-electron chi connectivity index (χ1n) is 17.8. The van der Waals surface area contributed by atoms with E-state index < -0.39 is 0 Å². The monoisotopic (exact) mass is 723 g/mol. The summed E-state index contributed by atoms with van der Waals surface area (Å²) in [5, 5.41) is 1.83. The minimum absolute atomic E-state index is 0.781. The van der Waals surface area contributed by atoms with Gasteiger partial charge in [0.05, 0.1) is 37.3 Å². The summed E-state index contributed by atoms with van der Waals surface area (Å²) in [6.45, 7) is 0. The van der Waals surface area contributed by atoms with Gasteiger partial charge in [0.25, 0.3) is 0 Å². The molecule has 0 radical (unpaired) electrons. The smallest absolute Gasteiger partial charge is 0.363 e. The van der Waals surface area contributed by atoms with Crippen LogP contribution in [0.15, 0.2) is 136 Å². The molecule has 0 bridgehead atoms. The molecule has 268 valence electrons. The largest absolute Gasteiger partial charge is 0.497 e. The lowest BCUT2D eigenvalue weighted by molar-refractivity contribution is 0.414. The van der Waals surface area contributed by atoms with Crippen molar-refractivity contribution in [3.8, 4) is 28.6 Å². The van der Waals surface area contributed by atoms with Crippen molar-refractivity contribution < 1.29 is 18.6 Å². The first kappa shape index (κ1) is 35.7. The van der Waals surface area contributed by atoms with Gasteiger partial charge >= 0.3 is 11.3 Å². The van der Waals surface area contributed by atoms with E-state index in [-0.39, 0.29) is 0 Å². The number of hydrogen-bond acceptors (Lipinski definition) is 5. The summed E-state index contributed by atoms with van der Waals surface area (Å²) in [5.74, 6) is 3.98. The summed E-state index contributed by atoms with van der Waals surface area (Å²) in [5.41, 5.74) is 10.3. The average Bonchev–Trinajstić information content (AvgIpc) is 3.19. The Kier molecular flexibility index (Phi) is 10.4. The normalized spacial score (nSPS) is 15.8. The number of rotatable bonds is 9. The number of fused-ring (bicyclic) bond motifs is 2. The highest BCUT2D eigenvalue weighted by atomic mass is 35.5. The number of anilines is 2. The van der Waals surface area contributed by atoms with Crippen molar-refractivity contribution in [2.24, 2.45) is 0 Å². The number of methoxy groups -OCH3 is 2. The third kappa shape index (κ3) is 7.74. The maximum absolute atomic E-state index is 7.21. The zero-order valence-electron chi connectivity index (χ0n) is 31.1. The number of nitrogens with zero attached hydrogens (tertiary/aromatic N) is 2. The molecule has 2 aliphatic rings. The van der Waals surface area contributed by atoms with Gasteiger partial charge in [-0.25, -0.2) is 4.42 Å². The molecule has 1 aromatic heterocycles. The molecule has 1 aliphatic carbocycles. The standard InChI is InChI=1S/C46H44ClN2O4/c1-48(2)36-18-24-40-34(26-42(52-44(40)28-36)30-14-20-38(50-5)21-15-30)12-10-32-8-7-9-33(46(32)47)11-13-35-27-43(31-16-22-39(51-6)23-17-31)53-45-29-37(49(3)4)19-25-41(35)45/h10-29H,7-9H2,1-6H3/q+1. The van der Waals surface area contributed by atoms with Crippen LogP contribution in [0.4, 0.5) is 11.4 Å². The van der Waals surface area contributed by atoms with Gasteiger partial charge in [0.15, 0.2) is 0 Å². The van der Waals surface area contributed by atoms with Crippen molar-refractivity contribution in [1.82, 2.24) is 0 Å². The zero-order valence-corrected chi connectivity index (χ0v) is 31.8. The molecule has 0 saturated heterocycles. The van der Waals surface area contributed by atoms with Crippen LogP contribution in [0, 0.1) is 0 Å². The van der Waals surface area contributed by atoms with Crippen LogP contribution in [0.1, 0.15) is 36.0 Å². The molecule has 0 saturated carbocycles. The summed E-state index contributed by atoms with van der Waals surface area (Å²) in [6.07, 6.45) is 13.6. The molecule has 0 N–H and O–H groups in total. The molecular formula is C46H44ClN2O4+. The van der Waals surface area contributed by atoms with E-state index >= 15 is 0 Å². The average molecular weight is 724 g/mol. The second-order valence-electron chi connectivity index (χ2n) is 13.6. The third-order valence-corrected chi connectivity index (χ3v) is 10.2. The lowest BCUT2D eigenvalue weighted by Crippen LogP contribution is -2.10. The summed E-state index contributed by atoms with van der Waals surface area (Å²) >= 11 is 7.21. The van der Waals surface area contributed by atoms with Crippen LogP contribution < -0.4 is 24.0 Å². The van der Waals surface area contributed by atoms with Crippen molar-refractivity contribution in [2.45, 2.75) is 19.3 Å². The summed E-state index contributed by atoms with van der Waals surface area (Å²) in [7, 11) is 11.5. The highest BCUT2D eigenvalue weighted by Gasteiger charge is 2.22. The van der Waals surface area contributed by atoms with Gasteiger partial charge in [-0.3, -0.25) is 0 Å². The third-order valence-electron chi connectivity index (χ3n) is 9.73. The molecule has 7 heteroatoms. The predicted molar refractivity (Wildman–Crippen MR) is 221 cm³/mol. The Bertz CT molecular complexity index is 2310. The molecule has 0 unspecified atom stereocenters. The van der Waals surface area contributed by atoms with Crippen molar-refractivity contribution >= 4 is 51.4 Å². The van der Waals surface area contributed by atoms with Gasteiger partial charge in [-0.1, -0.05) is 35.9 Å². The molecule has 4 aromatic carbocycles. The number of hydrogen-bond donors (Lipinski definition) is 0. The van der Waals surface area contributed by atoms with Gasteiger partial charge in [0, 0.05) is 67.4 Å². The molecule has 0 spiro atoms. The molecule has 7 rings (SSSR count). The van der Waals surface area contributed by atoms with Crippen LogP contribution in [0.25, 0.3) is 39.7 Å². The summed E-state index contributed by atoms with van der Waals surface area (Å²) in [4.78, 5) is 4.16. The van der Waals surface area contributed by atoms with Gasteiger partial charge in [0.2, 0.25) is 0 Å². The Morgan fingerprint density at radius 1 is 0.717 bits per heavy atom. The fourth-order valence-electron chi connectivity index (χ4n) is 6.62. The Balaban J connectivity index is 1.25. The minimum Gasteiger partial charge on any atom is -0.497 e. The number of allylic oxidation sites excluding steroid dienone is 8. The van der Waals surface area contributed by atoms with Crippen molar-refractivity contribution in [3.05, 3.63) is 148 Å². The van der Waals surface area contributed by atoms with E-state index in [1.165, 1.54) is 0 Å². The molecule has 1 aliphatic heterocycles. The number of ether oxygens (including phenoxy) is 3. The van der Waals surface area contributed by atoms with E-state index in [9.17, 15) is 0 Å². The highest BCUT2D eigenvalue weighted by Crippen LogP contribution is 2.41. The first-order chi connectivity index (χ1) is 25.7. The number of benzene rings is 4. The van der Waals surface area contributed by atoms with Crippen LogP contribution in [-0.2, 0) is 0 Å². The Morgan fingerprint density at radius 3 is 2.06 bits per heavy atom. The van der Waals surface area contributed by atoms with E-state index in [0.29, 0.717) is 0 Å². The Labute approximate surface area is 317 Å². The second-order valence-corrected chi connectivity index (χ2v) is 14.0. The molecule has 53 heavy (non-hydrogen) atoms. The molecule has 0 atom stereocenters. The van der Waals surface area contributed by atoms with Crippen LogP contribution in [0.2, 0.25) is 0 Å². The van der Waals surface area contributed by atoms with Gasteiger partial charge in [-0.05, 0) is 115 Å². The van der Waals surface area contributed by atoms with Crippen LogP contribution in [0.3, 0.4) is 0 Å². The fraction of sp³-hybridized carbons (Fsp3) is 0.196. The lowest BCUT2D eigenvalue weighted by atomic mass is 9.92. The summed E-state index contributed by atoms with van der Waals surface area (Å²) < 4.78 is 23.7. The van der Waals surface area contributed by atoms with Gasteiger partial charge in [-0.2, -0.15) is 0 Å². The predicted octanol–water partition coefficient (Wildman–Crippen LogP) is 11.7. The van der Waals surface area contributed by atoms with Gasteiger partial charge in [0.1, 0.15) is 23.0 Å².